The molecular formula is C22H18Cl2F4N2O3. The number of fused-ring (bicyclic) bond motifs is 1. The number of carbonyl (C=O) groups excluding carboxylic acids is 2. The quantitative estimate of drug-likeness (QED) is 0.254. The van der Waals surface area contributed by atoms with Gasteiger partial charge in [-0.3, -0.25) is 4.79 Å². The molecule has 1 atom stereocenters. The Morgan fingerprint density at radius 2 is 1.73 bits per heavy atom. The number of rotatable bonds is 5. The first-order valence-electron chi connectivity index (χ1n) is 9.63. The first-order chi connectivity index (χ1) is 15.4. The van der Waals surface area contributed by atoms with Gasteiger partial charge in [0.25, 0.3) is 5.91 Å². The van der Waals surface area contributed by atoms with E-state index in [-0.39, 0.29) is 17.8 Å². The number of nitrogens with one attached hydrogen (secondary N) is 1. The van der Waals surface area contributed by atoms with E-state index in [9.17, 15) is 27.2 Å². The van der Waals surface area contributed by atoms with Crippen LogP contribution in [0.4, 0.5) is 17.6 Å². The standard InChI is InChI=1S/C22H18Cl2F4N2O3/c1-4-30-16-5-10(2)13(21(32)33-3)6-11(16)9-17(30)20(31)29-19(22(26,27)28)12-7-14(23)18(25)15(24)8-12/h5-9,19H,4H2,1-3H3,(H,29,31). The van der Waals surface area contributed by atoms with Crippen LogP contribution in [0, 0.1) is 12.7 Å². The topological polar surface area (TPSA) is 60.3 Å². The molecule has 11 heteroatoms. The summed E-state index contributed by atoms with van der Waals surface area (Å²) in [6.07, 6.45) is -4.92. The number of nitrogens with zero attached hydrogens (tertiary/aromatic N) is 1. The highest BCUT2D eigenvalue weighted by Gasteiger charge is 2.43. The van der Waals surface area contributed by atoms with Crippen molar-refractivity contribution in [3.63, 3.8) is 0 Å². The first kappa shape index (κ1) is 24.9. The summed E-state index contributed by atoms with van der Waals surface area (Å²) in [5, 5.41) is 1.22. The number of carbonyl (C=O) groups is 2. The average molecular weight is 505 g/mol. The number of esters is 1. The van der Waals surface area contributed by atoms with Gasteiger partial charge < -0.3 is 14.6 Å². The molecule has 0 saturated heterocycles. The van der Waals surface area contributed by atoms with E-state index in [1.807, 2.05) is 5.32 Å². The molecule has 2 aromatic carbocycles. The summed E-state index contributed by atoms with van der Waals surface area (Å²) in [6.45, 7) is 3.68. The van der Waals surface area contributed by atoms with Crippen LogP contribution in [0.5, 0.6) is 0 Å². The average Bonchev–Trinajstić information content (AvgIpc) is 3.10. The summed E-state index contributed by atoms with van der Waals surface area (Å²) in [5.41, 5.74) is 0.841. The molecule has 0 radical (unpaired) electrons. The highest BCUT2D eigenvalue weighted by atomic mass is 35.5. The number of ether oxygens (including phenoxy) is 1. The molecule has 0 saturated carbocycles. The molecular weight excluding hydrogens is 487 g/mol. The van der Waals surface area contributed by atoms with Gasteiger partial charge >= 0.3 is 12.1 Å². The molecule has 3 rings (SSSR count). The molecule has 0 aliphatic rings. The zero-order chi connectivity index (χ0) is 24.7. The molecule has 1 amide bonds. The maximum Gasteiger partial charge on any atom is 0.412 e. The second-order valence-corrected chi connectivity index (χ2v) is 8.05. The minimum atomic E-state index is -4.92. The van der Waals surface area contributed by atoms with Gasteiger partial charge in [-0.15, -0.1) is 0 Å². The zero-order valence-corrected chi connectivity index (χ0v) is 19.1. The SMILES string of the molecule is CCn1c(C(=O)NC(c2cc(Cl)c(F)c(Cl)c2)C(F)(F)F)cc2cc(C(=O)OC)c(C)cc21. The number of amides is 1. The van der Waals surface area contributed by atoms with E-state index < -0.39 is 45.5 Å². The van der Waals surface area contributed by atoms with Crippen LogP contribution < -0.4 is 5.32 Å². The molecule has 0 fully saturated rings. The normalized spacial score (nSPS) is 12.6. The Balaban J connectivity index is 2.07. The fourth-order valence-electron chi connectivity index (χ4n) is 3.57. The van der Waals surface area contributed by atoms with Crippen LogP contribution in [0.2, 0.25) is 10.0 Å². The van der Waals surface area contributed by atoms with Crippen molar-refractivity contribution in [3.8, 4) is 0 Å². The van der Waals surface area contributed by atoms with Gasteiger partial charge in [-0.25, -0.2) is 9.18 Å². The zero-order valence-electron chi connectivity index (χ0n) is 17.6. The van der Waals surface area contributed by atoms with Gasteiger partial charge in [-0.2, -0.15) is 13.2 Å². The Labute approximate surface area is 196 Å². The predicted octanol–water partition coefficient (Wildman–Crippen LogP) is 6.24. The van der Waals surface area contributed by atoms with E-state index in [4.69, 9.17) is 27.9 Å². The maximum absolute atomic E-state index is 13.8. The van der Waals surface area contributed by atoms with Crippen LogP contribution in [0.15, 0.2) is 30.3 Å². The second kappa shape index (κ2) is 9.23. The molecule has 3 aromatic rings. The number of alkyl halides is 3. The summed E-state index contributed by atoms with van der Waals surface area (Å²) >= 11 is 11.3. The predicted molar refractivity (Wildman–Crippen MR) is 116 cm³/mol. The summed E-state index contributed by atoms with van der Waals surface area (Å²) in [4.78, 5) is 24.9. The lowest BCUT2D eigenvalue weighted by molar-refractivity contribution is -0.155. The van der Waals surface area contributed by atoms with Gasteiger partial charge in [0, 0.05) is 17.4 Å². The van der Waals surface area contributed by atoms with Crippen molar-refractivity contribution in [2.75, 3.05) is 7.11 Å². The first-order valence-corrected chi connectivity index (χ1v) is 10.4. The third kappa shape index (κ3) is 4.79. The number of methoxy groups -OCH3 is 1. The highest BCUT2D eigenvalue weighted by Crippen LogP contribution is 2.37. The molecule has 1 aromatic heterocycles. The van der Waals surface area contributed by atoms with Gasteiger partial charge in [-0.1, -0.05) is 23.2 Å². The van der Waals surface area contributed by atoms with Crippen molar-refractivity contribution in [1.29, 1.82) is 0 Å². The van der Waals surface area contributed by atoms with Crippen molar-refractivity contribution < 1.29 is 31.9 Å². The van der Waals surface area contributed by atoms with E-state index in [1.165, 1.54) is 23.8 Å². The van der Waals surface area contributed by atoms with Gasteiger partial charge in [0.1, 0.15) is 5.69 Å². The van der Waals surface area contributed by atoms with Gasteiger partial charge in [-0.05, 0) is 55.3 Å². The fourth-order valence-corrected chi connectivity index (χ4v) is 4.08. The summed E-state index contributed by atoms with van der Waals surface area (Å²) in [7, 11) is 1.23. The van der Waals surface area contributed by atoms with Crippen LogP contribution in [0.3, 0.4) is 0 Å². The van der Waals surface area contributed by atoms with Crippen molar-refractivity contribution in [3.05, 3.63) is 68.6 Å². The van der Waals surface area contributed by atoms with Crippen LogP contribution in [-0.4, -0.2) is 29.7 Å². The van der Waals surface area contributed by atoms with E-state index in [0.717, 1.165) is 12.1 Å². The lowest BCUT2D eigenvalue weighted by atomic mass is 10.1. The molecule has 1 heterocycles. The molecule has 176 valence electrons. The molecule has 33 heavy (non-hydrogen) atoms. The number of aromatic nitrogens is 1. The molecule has 1 unspecified atom stereocenters. The number of aryl methyl sites for hydroxylation is 2. The number of benzene rings is 2. The van der Waals surface area contributed by atoms with Gasteiger partial charge in [0.05, 0.1) is 22.7 Å². The van der Waals surface area contributed by atoms with E-state index >= 15 is 0 Å². The second-order valence-electron chi connectivity index (χ2n) is 7.24. The summed E-state index contributed by atoms with van der Waals surface area (Å²) in [6, 6.07) is 3.60. The van der Waals surface area contributed by atoms with Crippen molar-refractivity contribution >= 4 is 46.0 Å². The van der Waals surface area contributed by atoms with Crippen molar-refractivity contribution in [1.82, 2.24) is 9.88 Å². The van der Waals surface area contributed by atoms with Crippen LogP contribution in [-0.2, 0) is 11.3 Å². The lowest BCUT2D eigenvalue weighted by Crippen LogP contribution is -2.39. The molecule has 0 bridgehead atoms. The smallest absolute Gasteiger partial charge is 0.412 e. The third-order valence-electron chi connectivity index (χ3n) is 5.14. The van der Waals surface area contributed by atoms with Crippen molar-refractivity contribution in [2.24, 2.45) is 0 Å². The van der Waals surface area contributed by atoms with E-state index in [1.54, 1.807) is 19.9 Å². The molecule has 5 nitrogen and oxygen atoms in total. The largest absolute Gasteiger partial charge is 0.465 e. The Morgan fingerprint density at radius 3 is 2.24 bits per heavy atom. The van der Waals surface area contributed by atoms with Crippen molar-refractivity contribution in [2.45, 2.75) is 32.6 Å². The lowest BCUT2D eigenvalue weighted by Gasteiger charge is -2.23. The van der Waals surface area contributed by atoms with Crippen LogP contribution in [0.1, 0.15) is 44.9 Å². The maximum atomic E-state index is 13.8. The summed E-state index contributed by atoms with van der Waals surface area (Å²) < 4.78 is 61.4. The monoisotopic (exact) mass is 504 g/mol. The highest BCUT2D eigenvalue weighted by molar-refractivity contribution is 6.35. The minimum absolute atomic E-state index is 0.0533. The Hall–Kier alpha value is -2.78. The molecule has 0 aliphatic heterocycles. The molecule has 0 spiro atoms. The Bertz CT molecular complexity index is 1230. The van der Waals surface area contributed by atoms with E-state index in [0.29, 0.717) is 16.5 Å². The van der Waals surface area contributed by atoms with Gasteiger partial charge in [0.15, 0.2) is 11.9 Å². The van der Waals surface area contributed by atoms with Gasteiger partial charge in [0.2, 0.25) is 0 Å². The Morgan fingerprint density at radius 1 is 1.12 bits per heavy atom. The van der Waals surface area contributed by atoms with Crippen LogP contribution in [0.25, 0.3) is 10.9 Å². The number of halogens is 6. The minimum Gasteiger partial charge on any atom is -0.465 e. The number of hydrogen-bond donors (Lipinski definition) is 1. The fraction of sp³-hybridized carbons (Fsp3) is 0.273. The third-order valence-corrected chi connectivity index (χ3v) is 5.69. The molecule has 1 N–H and O–H groups in total. The Kier molecular flexibility index (Phi) is 6.95. The molecule has 0 aliphatic carbocycles. The summed E-state index contributed by atoms with van der Waals surface area (Å²) in [5.74, 6) is -2.66. The van der Waals surface area contributed by atoms with Crippen LogP contribution >= 0.6 is 23.2 Å². The number of hydrogen-bond acceptors (Lipinski definition) is 3. The van der Waals surface area contributed by atoms with E-state index in [2.05, 4.69) is 0 Å².